The van der Waals surface area contributed by atoms with E-state index in [0.717, 1.165) is 9.37 Å². The molecule has 0 atom stereocenters. The van der Waals surface area contributed by atoms with Crippen LogP contribution < -0.4 is 15.0 Å². The van der Waals surface area contributed by atoms with Crippen molar-refractivity contribution in [3.05, 3.63) is 98.2 Å². The number of halogens is 3. The van der Waals surface area contributed by atoms with Gasteiger partial charge in [0, 0.05) is 10.0 Å². The predicted octanol–water partition coefficient (Wildman–Crippen LogP) is 5.60. The monoisotopic (exact) mass is 572 g/mol. The number of hydrogen-bond donors (Lipinski definition) is 1. The second-order valence-electron chi connectivity index (χ2n) is 7.00. The molecule has 4 rings (SSSR count). The average molecular weight is 574 g/mol. The van der Waals surface area contributed by atoms with E-state index < -0.39 is 17.8 Å². The molecule has 33 heavy (non-hydrogen) atoms. The van der Waals surface area contributed by atoms with Crippen molar-refractivity contribution in [1.29, 1.82) is 0 Å². The highest BCUT2D eigenvalue weighted by Crippen LogP contribution is 2.29. The highest BCUT2D eigenvalue weighted by atomic mass is 79.9. The van der Waals surface area contributed by atoms with Crippen LogP contribution in [0.2, 0.25) is 0 Å². The van der Waals surface area contributed by atoms with Crippen LogP contribution in [0.1, 0.15) is 11.1 Å². The zero-order chi connectivity index (χ0) is 23.5. The van der Waals surface area contributed by atoms with Crippen LogP contribution >= 0.6 is 31.9 Å². The van der Waals surface area contributed by atoms with E-state index in [0.29, 0.717) is 27.0 Å². The van der Waals surface area contributed by atoms with E-state index in [9.17, 15) is 18.8 Å². The molecule has 1 saturated heterocycles. The Morgan fingerprint density at radius 1 is 0.970 bits per heavy atom. The summed E-state index contributed by atoms with van der Waals surface area (Å²) in [4.78, 5) is 38.5. The van der Waals surface area contributed by atoms with E-state index in [1.807, 2.05) is 0 Å². The number of barbiturate groups is 1. The van der Waals surface area contributed by atoms with Crippen LogP contribution in [0.4, 0.5) is 14.9 Å². The highest BCUT2D eigenvalue weighted by Gasteiger charge is 2.36. The molecule has 1 aliphatic heterocycles. The third-order valence-electron chi connectivity index (χ3n) is 4.79. The molecular weight excluding hydrogens is 559 g/mol. The molecule has 0 saturated carbocycles. The first-order valence-corrected chi connectivity index (χ1v) is 11.2. The molecule has 9 heteroatoms. The maximum absolute atomic E-state index is 13.8. The Labute approximate surface area is 205 Å². The van der Waals surface area contributed by atoms with Crippen molar-refractivity contribution in [2.75, 3.05) is 4.90 Å². The molecule has 3 aromatic rings. The number of rotatable bonds is 5. The lowest BCUT2D eigenvalue weighted by Crippen LogP contribution is -2.54. The molecule has 166 valence electrons. The number of carbonyl (C=O) groups excluding carboxylic acids is 3. The molecule has 1 heterocycles. The van der Waals surface area contributed by atoms with Gasteiger partial charge in [-0.05, 0) is 70.0 Å². The fourth-order valence-corrected chi connectivity index (χ4v) is 3.92. The smallest absolute Gasteiger partial charge is 0.335 e. The van der Waals surface area contributed by atoms with Gasteiger partial charge in [-0.3, -0.25) is 14.9 Å². The first-order chi connectivity index (χ1) is 15.8. The number of nitrogens with one attached hydrogen (secondary N) is 1. The fourth-order valence-electron chi connectivity index (χ4n) is 3.14. The van der Waals surface area contributed by atoms with Crippen molar-refractivity contribution in [3.63, 3.8) is 0 Å². The number of imide groups is 2. The third kappa shape index (κ3) is 5.04. The van der Waals surface area contributed by atoms with Crippen LogP contribution in [-0.2, 0) is 16.2 Å². The minimum absolute atomic E-state index is 0.0386. The minimum Gasteiger partial charge on any atom is -0.488 e. The summed E-state index contributed by atoms with van der Waals surface area (Å²) in [5, 5.41) is 2.19. The Morgan fingerprint density at radius 2 is 1.70 bits per heavy atom. The first kappa shape index (κ1) is 22.9. The zero-order valence-corrected chi connectivity index (χ0v) is 20.0. The number of benzene rings is 3. The van der Waals surface area contributed by atoms with E-state index in [2.05, 4.69) is 37.2 Å². The van der Waals surface area contributed by atoms with Gasteiger partial charge in [-0.2, -0.15) is 0 Å². The minimum atomic E-state index is -0.817. The van der Waals surface area contributed by atoms with Crippen molar-refractivity contribution in [2.24, 2.45) is 0 Å². The predicted molar refractivity (Wildman–Crippen MR) is 128 cm³/mol. The molecule has 1 aliphatic rings. The van der Waals surface area contributed by atoms with Crippen molar-refractivity contribution < 1.29 is 23.5 Å². The molecule has 0 unspecified atom stereocenters. The lowest BCUT2D eigenvalue weighted by molar-refractivity contribution is -0.122. The molecule has 0 bridgehead atoms. The molecule has 3 aromatic carbocycles. The summed E-state index contributed by atoms with van der Waals surface area (Å²) in [6.07, 6.45) is 1.39. The zero-order valence-electron chi connectivity index (χ0n) is 16.8. The van der Waals surface area contributed by atoms with Crippen LogP contribution in [0.3, 0.4) is 0 Å². The van der Waals surface area contributed by atoms with Gasteiger partial charge < -0.3 is 4.74 Å². The van der Waals surface area contributed by atoms with E-state index in [-0.39, 0.29) is 18.0 Å². The molecule has 0 spiro atoms. The Morgan fingerprint density at radius 3 is 2.39 bits per heavy atom. The van der Waals surface area contributed by atoms with Gasteiger partial charge in [0.1, 0.15) is 23.7 Å². The first-order valence-electron chi connectivity index (χ1n) is 9.66. The number of anilines is 1. The van der Waals surface area contributed by atoms with Gasteiger partial charge >= 0.3 is 6.03 Å². The Balaban J connectivity index is 1.57. The Kier molecular flexibility index (Phi) is 6.71. The van der Waals surface area contributed by atoms with Crippen molar-refractivity contribution in [3.8, 4) is 5.75 Å². The summed E-state index contributed by atoms with van der Waals surface area (Å²) in [5.41, 5.74) is 1.09. The quantitative estimate of drug-likeness (QED) is 0.319. The maximum Gasteiger partial charge on any atom is 0.335 e. The lowest BCUT2D eigenvalue weighted by Gasteiger charge is -2.26. The van der Waals surface area contributed by atoms with E-state index in [1.165, 1.54) is 12.1 Å². The second-order valence-corrected chi connectivity index (χ2v) is 8.77. The fraction of sp³-hybridized carbons (Fsp3) is 0.0417. The molecule has 1 fully saturated rings. The topological polar surface area (TPSA) is 75.7 Å². The number of carbonyl (C=O) groups is 3. The van der Waals surface area contributed by atoms with Crippen LogP contribution in [0.25, 0.3) is 6.08 Å². The Hall–Kier alpha value is -3.30. The standard InChI is InChI=1S/C24H15Br2FN2O4/c25-16-6-8-17(9-7-16)29-23(31)18(22(30)28-24(29)32)11-14-5-10-21(19(26)12-14)33-13-15-3-1-2-4-20(15)27/h1-12H,13H2,(H,28,30,32)/b18-11+. The highest BCUT2D eigenvalue weighted by molar-refractivity contribution is 9.10. The van der Waals surface area contributed by atoms with E-state index in [1.54, 1.807) is 60.7 Å². The normalized spacial score (nSPS) is 15.1. The van der Waals surface area contributed by atoms with Crippen LogP contribution in [0, 0.1) is 5.82 Å². The van der Waals surface area contributed by atoms with Gasteiger partial charge in [0.25, 0.3) is 11.8 Å². The molecule has 0 aromatic heterocycles. The van der Waals surface area contributed by atoms with Crippen LogP contribution in [-0.4, -0.2) is 17.8 Å². The van der Waals surface area contributed by atoms with Gasteiger partial charge in [-0.1, -0.05) is 40.2 Å². The van der Waals surface area contributed by atoms with Gasteiger partial charge in [0.15, 0.2) is 0 Å². The van der Waals surface area contributed by atoms with Gasteiger partial charge in [0.2, 0.25) is 0 Å². The van der Waals surface area contributed by atoms with Gasteiger partial charge in [-0.15, -0.1) is 0 Å². The number of ether oxygens (including phenoxy) is 1. The van der Waals surface area contributed by atoms with Crippen molar-refractivity contribution in [2.45, 2.75) is 6.61 Å². The summed E-state index contributed by atoms with van der Waals surface area (Å²) in [6, 6.07) is 17.0. The number of urea groups is 1. The number of hydrogen-bond acceptors (Lipinski definition) is 4. The maximum atomic E-state index is 13.8. The molecule has 0 aliphatic carbocycles. The summed E-state index contributed by atoms with van der Waals surface area (Å²) >= 11 is 6.70. The molecule has 4 amide bonds. The van der Waals surface area contributed by atoms with E-state index in [4.69, 9.17) is 4.74 Å². The van der Waals surface area contributed by atoms with Crippen molar-refractivity contribution >= 4 is 61.5 Å². The van der Waals surface area contributed by atoms with Gasteiger partial charge in [0.05, 0.1) is 10.2 Å². The molecule has 1 N–H and O–H groups in total. The SMILES string of the molecule is O=C1NC(=O)N(c2ccc(Br)cc2)C(=O)/C1=C/c1ccc(OCc2ccccc2F)c(Br)c1. The van der Waals surface area contributed by atoms with E-state index >= 15 is 0 Å². The second kappa shape index (κ2) is 9.68. The number of nitrogens with zero attached hydrogens (tertiary/aromatic N) is 1. The van der Waals surface area contributed by atoms with Gasteiger partial charge in [-0.25, -0.2) is 14.1 Å². The van der Waals surface area contributed by atoms with Crippen molar-refractivity contribution in [1.82, 2.24) is 5.32 Å². The summed E-state index contributed by atoms with van der Waals surface area (Å²) in [7, 11) is 0. The number of amides is 4. The third-order valence-corrected chi connectivity index (χ3v) is 5.94. The molecular formula is C24H15Br2FN2O4. The molecule has 6 nitrogen and oxygen atoms in total. The summed E-state index contributed by atoms with van der Waals surface area (Å²) in [6.45, 7) is 0.0386. The molecule has 0 radical (unpaired) electrons. The Bertz CT molecular complexity index is 1290. The summed E-state index contributed by atoms with van der Waals surface area (Å²) < 4.78 is 20.8. The summed E-state index contributed by atoms with van der Waals surface area (Å²) in [5.74, 6) is -1.41. The van der Waals surface area contributed by atoms with Crippen LogP contribution in [0.15, 0.2) is 81.2 Å². The average Bonchev–Trinajstić information content (AvgIpc) is 2.78. The largest absolute Gasteiger partial charge is 0.488 e. The lowest BCUT2D eigenvalue weighted by atomic mass is 10.1. The van der Waals surface area contributed by atoms with Crippen LogP contribution in [0.5, 0.6) is 5.75 Å².